The average Bonchev–Trinajstić information content (AvgIpc) is 3.08. The van der Waals surface area contributed by atoms with Crippen LogP contribution < -0.4 is 5.76 Å². The van der Waals surface area contributed by atoms with Crippen LogP contribution in [0.25, 0.3) is 11.1 Å². The first-order valence-corrected chi connectivity index (χ1v) is 11.7. The smallest absolute Gasteiger partial charge is 0.408 e. The Morgan fingerprint density at radius 2 is 1.73 bits per heavy atom. The summed E-state index contributed by atoms with van der Waals surface area (Å²) in [6.07, 6.45) is 0. The summed E-state index contributed by atoms with van der Waals surface area (Å²) in [6, 6.07) is 11.5. The highest BCUT2D eigenvalue weighted by Crippen LogP contribution is 2.23. The topological polar surface area (TPSA) is 92.8 Å². The zero-order valence-corrected chi connectivity index (χ0v) is 18.6. The normalized spacial score (nSPS) is 15.6. The summed E-state index contributed by atoms with van der Waals surface area (Å²) < 4.78 is 35.0. The molecule has 1 fully saturated rings. The SMILES string of the molecule is CCn1c(=O)oc2cc(S(=O)(=O)N3CCN(C(=O)c4ccc(Br)cc4)CC3)ccc21. The van der Waals surface area contributed by atoms with E-state index in [0.29, 0.717) is 30.7 Å². The van der Waals surface area contributed by atoms with Crippen molar-refractivity contribution in [2.75, 3.05) is 26.2 Å². The molecule has 0 spiro atoms. The molecule has 8 nitrogen and oxygen atoms in total. The number of piperazine rings is 1. The van der Waals surface area contributed by atoms with Crippen LogP contribution in [0, 0.1) is 0 Å². The number of hydrogen-bond donors (Lipinski definition) is 0. The molecular formula is C20H20BrN3O5S. The number of halogens is 1. The van der Waals surface area contributed by atoms with Gasteiger partial charge in [-0.05, 0) is 43.3 Å². The van der Waals surface area contributed by atoms with E-state index < -0.39 is 15.8 Å². The van der Waals surface area contributed by atoms with E-state index in [4.69, 9.17) is 4.42 Å². The van der Waals surface area contributed by atoms with Gasteiger partial charge in [0, 0.05) is 48.8 Å². The van der Waals surface area contributed by atoms with Gasteiger partial charge >= 0.3 is 5.76 Å². The summed E-state index contributed by atoms with van der Waals surface area (Å²) in [5.74, 6) is -0.634. The molecule has 0 N–H and O–H groups in total. The third-order valence-corrected chi connectivity index (χ3v) is 7.63. The Hall–Kier alpha value is -2.43. The summed E-state index contributed by atoms with van der Waals surface area (Å²) in [5, 5.41) is 0. The molecule has 0 bridgehead atoms. The molecule has 4 rings (SSSR count). The zero-order chi connectivity index (χ0) is 21.5. The second kappa shape index (κ2) is 8.01. The lowest BCUT2D eigenvalue weighted by atomic mass is 10.2. The fourth-order valence-electron chi connectivity index (χ4n) is 3.56. The summed E-state index contributed by atoms with van der Waals surface area (Å²) in [7, 11) is -3.77. The highest BCUT2D eigenvalue weighted by molar-refractivity contribution is 9.10. The first-order valence-electron chi connectivity index (χ1n) is 9.49. The maximum atomic E-state index is 13.1. The largest absolute Gasteiger partial charge is 0.419 e. The monoisotopic (exact) mass is 493 g/mol. The number of carbonyl (C=O) groups is 1. The second-order valence-electron chi connectivity index (χ2n) is 6.94. The Morgan fingerprint density at radius 3 is 2.37 bits per heavy atom. The maximum absolute atomic E-state index is 13.1. The number of fused-ring (bicyclic) bond motifs is 1. The standard InChI is InChI=1S/C20H20BrN3O5S/c1-2-24-17-8-7-16(13-18(17)29-20(24)26)30(27,28)23-11-9-22(10-12-23)19(25)14-3-5-15(21)6-4-14/h3-8,13H,2,9-12H2,1H3. The van der Waals surface area contributed by atoms with Crippen LogP contribution in [0.3, 0.4) is 0 Å². The quantitative estimate of drug-likeness (QED) is 0.556. The number of benzene rings is 2. The number of nitrogens with zero attached hydrogens (tertiary/aromatic N) is 3. The molecule has 10 heteroatoms. The Labute approximate surface area is 181 Å². The molecule has 1 aromatic heterocycles. The van der Waals surface area contributed by atoms with Crippen molar-refractivity contribution in [3.05, 3.63) is 63.1 Å². The van der Waals surface area contributed by atoms with Gasteiger partial charge in [0.1, 0.15) is 0 Å². The molecular weight excluding hydrogens is 474 g/mol. The van der Waals surface area contributed by atoms with Gasteiger partial charge in [0.15, 0.2) is 5.58 Å². The van der Waals surface area contributed by atoms with Crippen LogP contribution in [0.2, 0.25) is 0 Å². The predicted octanol–water partition coefficient (Wildman–Crippen LogP) is 2.52. The number of sulfonamides is 1. The highest BCUT2D eigenvalue weighted by atomic mass is 79.9. The predicted molar refractivity (Wildman–Crippen MR) is 115 cm³/mol. The molecule has 0 saturated carbocycles. The summed E-state index contributed by atoms with van der Waals surface area (Å²) in [6.45, 7) is 3.25. The summed E-state index contributed by atoms with van der Waals surface area (Å²) in [4.78, 5) is 26.2. The van der Waals surface area contributed by atoms with Crippen molar-refractivity contribution in [3.63, 3.8) is 0 Å². The van der Waals surface area contributed by atoms with Crippen LogP contribution in [0.4, 0.5) is 0 Å². The maximum Gasteiger partial charge on any atom is 0.419 e. The van der Waals surface area contributed by atoms with Gasteiger partial charge in [-0.25, -0.2) is 13.2 Å². The molecule has 30 heavy (non-hydrogen) atoms. The number of oxazole rings is 1. The van der Waals surface area contributed by atoms with Crippen LogP contribution in [0.1, 0.15) is 17.3 Å². The van der Waals surface area contributed by atoms with Crippen molar-refractivity contribution in [1.82, 2.24) is 13.8 Å². The van der Waals surface area contributed by atoms with Gasteiger partial charge < -0.3 is 9.32 Å². The molecule has 1 saturated heterocycles. The number of rotatable bonds is 4. The van der Waals surface area contributed by atoms with Crippen LogP contribution in [-0.4, -0.2) is 54.3 Å². The third kappa shape index (κ3) is 3.70. The summed E-state index contributed by atoms with van der Waals surface area (Å²) >= 11 is 3.34. The van der Waals surface area contributed by atoms with Gasteiger partial charge in [-0.1, -0.05) is 15.9 Å². The molecule has 2 aromatic carbocycles. The van der Waals surface area contributed by atoms with E-state index in [2.05, 4.69) is 15.9 Å². The number of amides is 1. The second-order valence-corrected chi connectivity index (χ2v) is 9.80. The fourth-order valence-corrected chi connectivity index (χ4v) is 5.26. The van der Waals surface area contributed by atoms with Crippen molar-refractivity contribution in [2.24, 2.45) is 0 Å². The van der Waals surface area contributed by atoms with E-state index in [9.17, 15) is 18.0 Å². The molecule has 0 atom stereocenters. The van der Waals surface area contributed by atoms with Gasteiger partial charge in [0.05, 0.1) is 10.4 Å². The number of hydrogen-bond acceptors (Lipinski definition) is 5. The minimum Gasteiger partial charge on any atom is -0.408 e. The minimum atomic E-state index is -3.77. The molecule has 2 heterocycles. The van der Waals surface area contributed by atoms with Crippen LogP contribution in [0.5, 0.6) is 0 Å². The van der Waals surface area contributed by atoms with Gasteiger partial charge in [0.25, 0.3) is 5.91 Å². The van der Waals surface area contributed by atoms with E-state index in [1.165, 1.54) is 21.0 Å². The van der Waals surface area contributed by atoms with Gasteiger partial charge in [-0.2, -0.15) is 4.31 Å². The van der Waals surface area contributed by atoms with Crippen LogP contribution in [-0.2, 0) is 16.6 Å². The summed E-state index contributed by atoms with van der Waals surface area (Å²) in [5.41, 5.74) is 1.37. The molecule has 1 amide bonds. The van der Waals surface area contributed by atoms with E-state index >= 15 is 0 Å². The molecule has 158 valence electrons. The van der Waals surface area contributed by atoms with Gasteiger partial charge in [-0.15, -0.1) is 0 Å². The van der Waals surface area contributed by atoms with E-state index in [0.717, 1.165) is 4.47 Å². The van der Waals surface area contributed by atoms with Crippen molar-refractivity contribution >= 4 is 43.0 Å². The molecule has 0 radical (unpaired) electrons. The number of aromatic nitrogens is 1. The van der Waals surface area contributed by atoms with Crippen molar-refractivity contribution in [3.8, 4) is 0 Å². The van der Waals surface area contributed by atoms with Crippen molar-refractivity contribution < 1.29 is 17.6 Å². The fraction of sp³-hybridized carbons (Fsp3) is 0.300. The van der Waals surface area contributed by atoms with Crippen LogP contribution in [0.15, 0.2) is 61.0 Å². The third-order valence-electron chi connectivity index (χ3n) is 5.21. The van der Waals surface area contributed by atoms with E-state index in [-0.39, 0.29) is 29.5 Å². The molecule has 0 aliphatic carbocycles. The first-order chi connectivity index (χ1) is 14.3. The lowest BCUT2D eigenvalue weighted by molar-refractivity contribution is 0.0698. The zero-order valence-electron chi connectivity index (χ0n) is 16.2. The van der Waals surface area contributed by atoms with E-state index in [1.54, 1.807) is 35.2 Å². The number of aryl methyl sites for hydroxylation is 1. The average molecular weight is 494 g/mol. The molecule has 1 aliphatic heterocycles. The minimum absolute atomic E-state index is 0.0692. The molecule has 3 aromatic rings. The Morgan fingerprint density at radius 1 is 1.07 bits per heavy atom. The molecule has 1 aliphatic rings. The number of carbonyl (C=O) groups excluding carboxylic acids is 1. The van der Waals surface area contributed by atoms with E-state index in [1.807, 2.05) is 6.92 Å². The lowest BCUT2D eigenvalue weighted by Gasteiger charge is -2.34. The first kappa shape index (κ1) is 20.8. The molecule has 0 unspecified atom stereocenters. The Bertz CT molecular complexity index is 1260. The Balaban J connectivity index is 1.51. The van der Waals surface area contributed by atoms with Crippen LogP contribution >= 0.6 is 15.9 Å². The van der Waals surface area contributed by atoms with Gasteiger partial charge in [0.2, 0.25) is 10.0 Å². The van der Waals surface area contributed by atoms with Crippen molar-refractivity contribution in [2.45, 2.75) is 18.4 Å². The highest BCUT2D eigenvalue weighted by Gasteiger charge is 2.31. The van der Waals surface area contributed by atoms with Gasteiger partial charge in [-0.3, -0.25) is 9.36 Å². The van der Waals surface area contributed by atoms with Crippen molar-refractivity contribution in [1.29, 1.82) is 0 Å². The Kier molecular flexibility index (Phi) is 5.56. The lowest BCUT2D eigenvalue weighted by Crippen LogP contribution is -2.50.